The van der Waals surface area contributed by atoms with Crippen LogP contribution in [0.4, 0.5) is 0 Å². The predicted octanol–water partition coefficient (Wildman–Crippen LogP) is 2.31. The molecule has 2 aromatic rings. The lowest BCUT2D eigenvalue weighted by atomic mass is 10.1. The zero-order valence-corrected chi connectivity index (χ0v) is 13.6. The minimum absolute atomic E-state index is 0.272. The maximum atomic E-state index is 12.0. The van der Waals surface area contributed by atoms with E-state index >= 15 is 0 Å². The summed E-state index contributed by atoms with van der Waals surface area (Å²) in [6.45, 7) is 4.03. The van der Waals surface area contributed by atoms with Crippen LogP contribution in [0, 0.1) is 0 Å². The van der Waals surface area contributed by atoms with Gasteiger partial charge in [0.1, 0.15) is 11.5 Å². The molecule has 1 aromatic carbocycles. The average Bonchev–Trinajstić information content (AvgIpc) is 3.05. The number of methoxy groups -OCH3 is 2. The Morgan fingerprint density at radius 3 is 2.70 bits per heavy atom. The maximum Gasteiger partial charge on any atom is 0.291 e. The Morgan fingerprint density at radius 1 is 1.30 bits per heavy atom. The van der Waals surface area contributed by atoms with Gasteiger partial charge in [-0.1, -0.05) is 13.8 Å². The number of nitrogens with zero attached hydrogens (tertiary/aromatic N) is 2. The van der Waals surface area contributed by atoms with E-state index in [1.165, 1.54) is 6.21 Å². The molecule has 0 aliphatic heterocycles. The average molecular weight is 316 g/mol. The van der Waals surface area contributed by atoms with E-state index in [0.717, 1.165) is 5.69 Å². The van der Waals surface area contributed by atoms with Crippen molar-refractivity contribution in [1.82, 2.24) is 15.6 Å². The molecular weight excluding hydrogens is 296 g/mol. The monoisotopic (exact) mass is 316 g/mol. The van der Waals surface area contributed by atoms with E-state index < -0.39 is 0 Å². The summed E-state index contributed by atoms with van der Waals surface area (Å²) in [7, 11) is 3.14. The van der Waals surface area contributed by atoms with Crippen molar-refractivity contribution in [1.29, 1.82) is 0 Å². The number of H-pyrrole nitrogens is 1. The molecule has 0 saturated carbocycles. The first-order valence-corrected chi connectivity index (χ1v) is 7.16. The summed E-state index contributed by atoms with van der Waals surface area (Å²) in [5.74, 6) is 1.19. The number of amides is 1. The van der Waals surface area contributed by atoms with Crippen LogP contribution in [0.2, 0.25) is 0 Å². The van der Waals surface area contributed by atoms with Gasteiger partial charge in [-0.3, -0.25) is 9.89 Å². The normalized spacial score (nSPS) is 11.0. The first-order valence-electron chi connectivity index (χ1n) is 7.16. The number of carbonyl (C=O) groups is 1. The first-order chi connectivity index (χ1) is 11.0. The molecule has 0 aliphatic rings. The Labute approximate surface area is 134 Å². The Kier molecular flexibility index (Phi) is 5.35. The third kappa shape index (κ3) is 4.09. The Hall–Kier alpha value is -2.83. The second kappa shape index (κ2) is 7.44. The molecule has 0 radical (unpaired) electrons. The number of hydrogen-bond acceptors (Lipinski definition) is 5. The third-order valence-electron chi connectivity index (χ3n) is 3.26. The Morgan fingerprint density at radius 2 is 2.09 bits per heavy atom. The van der Waals surface area contributed by atoms with E-state index in [2.05, 4.69) is 20.7 Å². The summed E-state index contributed by atoms with van der Waals surface area (Å²) >= 11 is 0. The largest absolute Gasteiger partial charge is 0.497 e. The molecule has 0 fully saturated rings. The van der Waals surface area contributed by atoms with Crippen molar-refractivity contribution in [2.75, 3.05) is 14.2 Å². The van der Waals surface area contributed by atoms with Crippen molar-refractivity contribution in [3.63, 3.8) is 0 Å². The number of rotatable bonds is 6. The number of aromatic amines is 1. The number of nitrogens with one attached hydrogen (secondary N) is 2. The molecular formula is C16H20N4O3. The third-order valence-corrected chi connectivity index (χ3v) is 3.26. The van der Waals surface area contributed by atoms with Crippen LogP contribution in [-0.2, 0) is 0 Å². The molecule has 1 heterocycles. The first kappa shape index (κ1) is 16.5. The highest BCUT2D eigenvalue weighted by Crippen LogP contribution is 2.22. The van der Waals surface area contributed by atoms with Gasteiger partial charge in [-0.2, -0.15) is 10.2 Å². The van der Waals surface area contributed by atoms with Crippen molar-refractivity contribution in [3.8, 4) is 11.5 Å². The fraction of sp³-hybridized carbons (Fsp3) is 0.312. The summed E-state index contributed by atoms with van der Waals surface area (Å²) in [6.07, 6.45) is 1.50. The Balaban J connectivity index is 2.07. The minimum Gasteiger partial charge on any atom is -0.497 e. The molecule has 1 amide bonds. The highest BCUT2D eigenvalue weighted by Gasteiger charge is 2.11. The highest BCUT2D eigenvalue weighted by molar-refractivity contribution is 5.93. The molecule has 7 heteroatoms. The van der Waals surface area contributed by atoms with Crippen LogP contribution in [0.25, 0.3) is 0 Å². The number of aromatic nitrogens is 2. The molecule has 7 nitrogen and oxygen atoms in total. The molecule has 0 bridgehead atoms. The van der Waals surface area contributed by atoms with Crippen LogP contribution in [0.15, 0.2) is 29.4 Å². The molecule has 0 spiro atoms. The van der Waals surface area contributed by atoms with Gasteiger partial charge in [0.15, 0.2) is 5.69 Å². The molecule has 2 N–H and O–H groups in total. The zero-order chi connectivity index (χ0) is 16.8. The van der Waals surface area contributed by atoms with E-state index in [1.807, 2.05) is 13.8 Å². The molecule has 122 valence electrons. The predicted molar refractivity (Wildman–Crippen MR) is 87.3 cm³/mol. The van der Waals surface area contributed by atoms with Crippen molar-refractivity contribution >= 4 is 12.1 Å². The molecule has 0 atom stereocenters. The van der Waals surface area contributed by atoms with E-state index in [0.29, 0.717) is 22.8 Å². The van der Waals surface area contributed by atoms with E-state index in [4.69, 9.17) is 9.47 Å². The number of hydrazone groups is 1. The molecule has 2 rings (SSSR count). The SMILES string of the molecule is COc1ccc(OC)c(/C=N/NC(=O)c2cc(C(C)C)[nH]n2)c1. The number of benzene rings is 1. The van der Waals surface area contributed by atoms with Crippen molar-refractivity contribution in [3.05, 3.63) is 41.2 Å². The van der Waals surface area contributed by atoms with Gasteiger partial charge in [0.2, 0.25) is 0 Å². The van der Waals surface area contributed by atoms with E-state index in [-0.39, 0.29) is 11.8 Å². The fourth-order valence-electron chi connectivity index (χ4n) is 1.91. The van der Waals surface area contributed by atoms with Gasteiger partial charge in [0.05, 0.1) is 20.4 Å². The second-order valence-electron chi connectivity index (χ2n) is 5.17. The molecule has 0 saturated heterocycles. The number of ether oxygens (including phenoxy) is 2. The summed E-state index contributed by atoms with van der Waals surface area (Å²) in [5.41, 5.74) is 4.32. The van der Waals surface area contributed by atoms with Gasteiger partial charge in [0.25, 0.3) is 5.91 Å². The molecule has 23 heavy (non-hydrogen) atoms. The van der Waals surface area contributed by atoms with Gasteiger partial charge < -0.3 is 9.47 Å². The molecule has 1 aromatic heterocycles. The number of hydrogen-bond donors (Lipinski definition) is 2. The van der Waals surface area contributed by atoms with Crippen LogP contribution in [-0.4, -0.2) is 36.5 Å². The van der Waals surface area contributed by atoms with Crippen LogP contribution in [0.5, 0.6) is 11.5 Å². The van der Waals surface area contributed by atoms with Gasteiger partial charge in [-0.25, -0.2) is 5.43 Å². The van der Waals surface area contributed by atoms with Crippen LogP contribution < -0.4 is 14.9 Å². The number of carbonyl (C=O) groups excluding carboxylic acids is 1. The second-order valence-corrected chi connectivity index (χ2v) is 5.17. The van der Waals surface area contributed by atoms with Crippen LogP contribution in [0.3, 0.4) is 0 Å². The topological polar surface area (TPSA) is 88.6 Å². The van der Waals surface area contributed by atoms with Gasteiger partial charge in [0, 0.05) is 11.3 Å². The standard InChI is InChI=1S/C16H20N4O3/c1-10(2)13-8-14(19-18-13)16(21)20-17-9-11-7-12(22-3)5-6-15(11)23-4/h5-10H,1-4H3,(H,18,19)(H,20,21)/b17-9+. The van der Waals surface area contributed by atoms with Gasteiger partial charge >= 0.3 is 0 Å². The molecule has 0 aliphatic carbocycles. The lowest BCUT2D eigenvalue weighted by molar-refractivity contribution is 0.0950. The minimum atomic E-state index is -0.383. The summed E-state index contributed by atoms with van der Waals surface area (Å²) in [5, 5.41) is 10.7. The smallest absolute Gasteiger partial charge is 0.291 e. The quantitative estimate of drug-likeness (QED) is 0.632. The van der Waals surface area contributed by atoms with Crippen molar-refractivity contribution in [2.24, 2.45) is 5.10 Å². The van der Waals surface area contributed by atoms with Crippen LogP contribution >= 0.6 is 0 Å². The maximum absolute atomic E-state index is 12.0. The lowest BCUT2D eigenvalue weighted by Crippen LogP contribution is -2.18. The Bertz CT molecular complexity index is 707. The van der Waals surface area contributed by atoms with Crippen LogP contribution in [0.1, 0.15) is 41.5 Å². The summed E-state index contributed by atoms with van der Waals surface area (Å²) in [6, 6.07) is 7.03. The summed E-state index contributed by atoms with van der Waals surface area (Å²) in [4.78, 5) is 12.0. The van der Waals surface area contributed by atoms with Crippen molar-refractivity contribution < 1.29 is 14.3 Å². The fourth-order valence-corrected chi connectivity index (χ4v) is 1.91. The van der Waals surface area contributed by atoms with Gasteiger partial charge in [-0.05, 0) is 30.2 Å². The van der Waals surface area contributed by atoms with Gasteiger partial charge in [-0.15, -0.1) is 0 Å². The van der Waals surface area contributed by atoms with E-state index in [9.17, 15) is 4.79 Å². The highest BCUT2D eigenvalue weighted by atomic mass is 16.5. The van der Waals surface area contributed by atoms with Crippen molar-refractivity contribution in [2.45, 2.75) is 19.8 Å². The zero-order valence-electron chi connectivity index (χ0n) is 13.6. The lowest BCUT2D eigenvalue weighted by Gasteiger charge is -2.06. The van der Waals surface area contributed by atoms with E-state index in [1.54, 1.807) is 38.5 Å². The molecule has 0 unspecified atom stereocenters. The summed E-state index contributed by atoms with van der Waals surface area (Å²) < 4.78 is 10.4.